The van der Waals surface area contributed by atoms with Crippen LogP contribution in [0.25, 0.3) is 0 Å². The van der Waals surface area contributed by atoms with Gasteiger partial charge in [0.15, 0.2) is 0 Å². The van der Waals surface area contributed by atoms with Gasteiger partial charge in [0, 0.05) is 24.7 Å². The van der Waals surface area contributed by atoms with Crippen LogP contribution in [0.3, 0.4) is 0 Å². The zero-order chi connectivity index (χ0) is 12.3. The summed E-state index contributed by atoms with van der Waals surface area (Å²) in [6, 6.07) is 2.41. The van der Waals surface area contributed by atoms with Gasteiger partial charge >= 0.3 is 0 Å². The molecule has 0 aromatic carbocycles. The van der Waals surface area contributed by atoms with E-state index in [-0.39, 0.29) is 0 Å². The highest BCUT2D eigenvalue weighted by Crippen LogP contribution is 2.29. The van der Waals surface area contributed by atoms with Crippen molar-refractivity contribution in [3.63, 3.8) is 0 Å². The first-order chi connectivity index (χ1) is 8.22. The van der Waals surface area contributed by atoms with E-state index >= 15 is 0 Å². The SMILES string of the molecule is CCC(CNC1CC1)N(C)C1CCCCC1C. The van der Waals surface area contributed by atoms with Gasteiger partial charge in [0.1, 0.15) is 0 Å². The summed E-state index contributed by atoms with van der Waals surface area (Å²) in [7, 11) is 2.36. The molecule has 0 amide bonds. The fourth-order valence-electron chi connectivity index (χ4n) is 3.34. The first-order valence-electron chi connectivity index (χ1n) is 7.67. The molecule has 2 heteroatoms. The Labute approximate surface area is 107 Å². The van der Waals surface area contributed by atoms with Crippen molar-refractivity contribution in [2.45, 2.75) is 76.9 Å². The Hall–Kier alpha value is -0.0800. The van der Waals surface area contributed by atoms with E-state index in [0.717, 1.165) is 24.0 Å². The minimum Gasteiger partial charge on any atom is -0.312 e. The summed E-state index contributed by atoms with van der Waals surface area (Å²) in [5.41, 5.74) is 0. The molecule has 100 valence electrons. The van der Waals surface area contributed by atoms with Gasteiger partial charge in [-0.15, -0.1) is 0 Å². The minimum atomic E-state index is 0.737. The van der Waals surface area contributed by atoms with Gasteiger partial charge in [0.05, 0.1) is 0 Å². The molecule has 1 N–H and O–H groups in total. The van der Waals surface area contributed by atoms with Crippen LogP contribution in [0.5, 0.6) is 0 Å². The predicted octanol–water partition coefficient (Wildman–Crippen LogP) is 3.03. The number of hydrogen-bond acceptors (Lipinski definition) is 2. The van der Waals surface area contributed by atoms with Crippen molar-refractivity contribution in [2.75, 3.05) is 13.6 Å². The molecule has 0 aromatic heterocycles. The Morgan fingerprint density at radius 2 is 1.88 bits per heavy atom. The summed E-state index contributed by atoms with van der Waals surface area (Å²) in [6.45, 7) is 5.98. The maximum absolute atomic E-state index is 3.70. The number of nitrogens with zero attached hydrogens (tertiary/aromatic N) is 1. The molecule has 2 aliphatic rings. The van der Waals surface area contributed by atoms with Crippen LogP contribution in [0, 0.1) is 5.92 Å². The molecule has 0 saturated heterocycles. The summed E-state index contributed by atoms with van der Waals surface area (Å²) in [4.78, 5) is 2.68. The second kappa shape index (κ2) is 6.19. The third-order valence-corrected chi connectivity index (χ3v) is 4.86. The smallest absolute Gasteiger partial charge is 0.0218 e. The van der Waals surface area contributed by atoms with E-state index in [9.17, 15) is 0 Å². The fourth-order valence-corrected chi connectivity index (χ4v) is 3.34. The Kier molecular flexibility index (Phi) is 4.87. The minimum absolute atomic E-state index is 0.737. The van der Waals surface area contributed by atoms with Gasteiger partial charge in [-0.25, -0.2) is 0 Å². The Balaban J connectivity index is 1.82. The van der Waals surface area contributed by atoms with Gasteiger partial charge in [0.25, 0.3) is 0 Å². The quantitative estimate of drug-likeness (QED) is 0.765. The van der Waals surface area contributed by atoms with Crippen molar-refractivity contribution in [3.8, 4) is 0 Å². The van der Waals surface area contributed by atoms with Gasteiger partial charge in [0.2, 0.25) is 0 Å². The van der Waals surface area contributed by atoms with Crippen molar-refractivity contribution in [2.24, 2.45) is 5.92 Å². The second-order valence-electron chi connectivity index (χ2n) is 6.24. The van der Waals surface area contributed by atoms with Crippen LogP contribution in [0.2, 0.25) is 0 Å². The van der Waals surface area contributed by atoms with E-state index in [1.807, 2.05) is 0 Å². The molecule has 0 aliphatic heterocycles. The lowest BCUT2D eigenvalue weighted by Crippen LogP contribution is -2.48. The highest BCUT2D eigenvalue weighted by atomic mass is 15.2. The first-order valence-corrected chi connectivity index (χ1v) is 7.67. The molecule has 0 aromatic rings. The van der Waals surface area contributed by atoms with E-state index in [1.54, 1.807) is 0 Å². The lowest BCUT2D eigenvalue weighted by molar-refractivity contribution is 0.0931. The molecule has 2 fully saturated rings. The third-order valence-electron chi connectivity index (χ3n) is 4.86. The van der Waals surface area contributed by atoms with E-state index in [2.05, 4.69) is 31.1 Å². The van der Waals surface area contributed by atoms with Crippen LogP contribution in [-0.2, 0) is 0 Å². The molecule has 0 spiro atoms. The van der Waals surface area contributed by atoms with Gasteiger partial charge in [-0.1, -0.05) is 26.7 Å². The molecule has 2 nitrogen and oxygen atoms in total. The van der Waals surface area contributed by atoms with Crippen LogP contribution in [-0.4, -0.2) is 36.6 Å². The molecular weight excluding hydrogens is 208 g/mol. The molecule has 0 heterocycles. The molecule has 2 saturated carbocycles. The van der Waals surface area contributed by atoms with Gasteiger partial charge in [-0.05, 0) is 45.1 Å². The molecule has 3 unspecified atom stereocenters. The number of nitrogens with one attached hydrogen (secondary N) is 1. The summed E-state index contributed by atoms with van der Waals surface area (Å²) in [6.07, 6.45) is 9.81. The monoisotopic (exact) mass is 238 g/mol. The summed E-state index contributed by atoms with van der Waals surface area (Å²) in [5, 5.41) is 3.70. The Morgan fingerprint density at radius 1 is 1.18 bits per heavy atom. The van der Waals surface area contributed by atoms with Crippen molar-refractivity contribution in [1.82, 2.24) is 10.2 Å². The zero-order valence-electron chi connectivity index (χ0n) is 11.9. The van der Waals surface area contributed by atoms with Crippen molar-refractivity contribution >= 4 is 0 Å². The van der Waals surface area contributed by atoms with E-state index in [4.69, 9.17) is 0 Å². The molecule has 0 bridgehead atoms. The molecule has 3 atom stereocenters. The topological polar surface area (TPSA) is 15.3 Å². The van der Waals surface area contributed by atoms with Crippen LogP contribution in [0.4, 0.5) is 0 Å². The largest absolute Gasteiger partial charge is 0.312 e. The van der Waals surface area contributed by atoms with Crippen molar-refractivity contribution < 1.29 is 0 Å². The van der Waals surface area contributed by atoms with E-state index in [1.165, 1.54) is 51.5 Å². The first kappa shape index (κ1) is 13.4. The highest BCUT2D eigenvalue weighted by molar-refractivity contribution is 4.87. The van der Waals surface area contributed by atoms with Crippen LogP contribution < -0.4 is 5.32 Å². The summed E-state index contributed by atoms with van der Waals surface area (Å²) < 4.78 is 0. The number of likely N-dealkylation sites (N-methyl/N-ethyl adjacent to an activating group) is 1. The van der Waals surface area contributed by atoms with Crippen LogP contribution in [0.15, 0.2) is 0 Å². The maximum atomic E-state index is 3.70. The lowest BCUT2D eigenvalue weighted by atomic mass is 9.84. The van der Waals surface area contributed by atoms with E-state index < -0.39 is 0 Å². The molecule has 0 radical (unpaired) electrons. The molecule has 2 rings (SSSR count). The molecule has 2 aliphatic carbocycles. The summed E-state index contributed by atoms with van der Waals surface area (Å²) in [5.74, 6) is 0.892. The average molecular weight is 238 g/mol. The molecular formula is C15H30N2. The Morgan fingerprint density at radius 3 is 2.47 bits per heavy atom. The zero-order valence-corrected chi connectivity index (χ0v) is 11.9. The highest BCUT2D eigenvalue weighted by Gasteiger charge is 2.29. The van der Waals surface area contributed by atoms with Gasteiger partial charge < -0.3 is 5.32 Å². The second-order valence-corrected chi connectivity index (χ2v) is 6.24. The standard InChI is InChI=1S/C15H30N2/c1-4-14(11-16-13-9-10-13)17(3)15-8-6-5-7-12(15)2/h12-16H,4-11H2,1-3H3. The summed E-state index contributed by atoms with van der Waals surface area (Å²) >= 11 is 0. The van der Waals surface area contributed by atoms with Crippen molar-refractivity contribution in [3.05, 3.63) is 0 Å². The van der Waals surface area contributed by atoms with Crippen molar-refractivity contribution in [1.29, 1.82) is 0 Å². The van der Waals surface area contributed by atoms with E-state index in [0.29, 0.717) is 0 Å². The maximum Gasteiger partial charge on any atom is 0.0218 e. The fraction of sp³-hybridized carbons (Fsp3) is 1.00. The molecule has 17 heavy (non-hydrogen) atoms. The number of hydrogen-bond donors (Lipinski definition) is 1. The predicted molar refractivity (Wildman–Crippen MR) is 74.3 cm³/mol. The average Bonchev–Trinajstić information content (AvgIpc) is 3.14. The lowest BCUT2D eigenvalue weighted by Gasteiger charge is -2.40. The van der Waals surface area contributed by atoms with Crippen LogP contribution >= 0.6 is 0 Å². The Bertz CT molecular complexity index is 225. The van der Waals surface area contributed by atoms with Crippen LogP contribution in [0.1, 0.15) is 58.8 Å². The third kappa shape index (κ3) is 3.69. The number of rotatable bonds is 6. The normalized spacial score (nSPS) is 31.8. The van der Waals surface area contributed by atoms with Gasteiger partial charge in [-0.2, -0.15) is 0 Å². The van der Waals surface area contributed by atoms with Gasteiger partial charge in [-0.3, -0.25) is 4.90 Å².